The minimum absolute atomic E-state index is 0.110. The topological polar surface area (TPSA) is 44.8 Å². The molecular formula is C12H20O4. The molecule has 0 spiro atoms. The van der Waals surface area contributed by atoms with Crippen LogP contribution in [0.1, 0.15) is 34.1 Å². The standard InChI is InChI=1S/C12H20O4/c1-9(13)14-8-10-6-5-7-11(15-10)16-12(2,3)4/h5,7,10-11H,6,8H2,1-4H3. The first-order valence-electron chi connectivity index (χ1n) is 5.50. The van der Waals surface area contributed by atoms with Crippen molar-refractivity contribution in [3.63, 3.8) is 0 Å². The van der Waals surface area contributed by atoms with E-state index in [9.17, 15) is 4.79 Å². The van der Waals surface area contributed by atoms with Crippen molar-refractivity contribution >= 4 is 5.97 Å². The van der Waals surface area contributed by atoms with Crippen LogP contribution in [0.4, 0.5) is 0 Å². The minimum atomic E-state index is -0.352. The van der Waals surface area contributed by atoms with Gasteiger partial charge in [-0.2, -0.15) is 0 Å². The molecule has 0 aromatic carbocycles. The van der Waals surface area contributed by atoms with Crippen LogP contribution >= 0.6 is 0 Å². The van der Waals surface area contributed by atoms with Crippen molar-refractivity contribution in [1.29, 1.82) is 0 Å². The summed E-state index contributed by atoms with van der Waals surface area (Å²) in [5.41, 5.74) is -0.252. The second-order valence-corrected chi connectivity index (χ2v) is 4.82. The smallest absolute Gasteiger partial charge is 0.302 e. The van der Waals surface area contributed by atoms with Gasteiger partial charge in [-0.15, -0.1) is 0 Å². The van der Waals surface area contributed by atoms with Crippen molar-refractivity contribution in [3.05, 3.63) is 12.2 Å². The van der Waals surface area contributed by atoms with Gasteiger partial charge in [0.25, 0.3) is 0 Å². The molecule has 0 saturated carbocycles. The van der Waals surface area contributed by atoms with Gasteiger partial charge < -0.3 is 14.2 Å². The van der Waals surface area contributed by atoms with E-state index in [0.717, 1.165) is 6.42 Å². The predicted molar refractivity (Wildman–Crippen MR) is 59.9 cm³/mol. The molecule has 2 atom stereocenters. The molecule has 0 bridgehead atoms. The summed E-state index contributed by atoms with van der Waals surface area (Å²) in [7, 11) is 0. The molecule has 0 saturated heterocycles. The lowest BCUT2D eigenvalue weighted by Crippen LogP contribution is -2.35. The number of hydrogen-bond acceptors (Lipinski definition) is 4. The molecule has 1 aliphatic rings. The molecule has 1 heterocycles. The van der Waals surface area contributed by atoms with Crippen LogP contribution in [0, 0.1) is 0 Å². The normalized spacial score (nSPS) is 25.5. The van der Waals surface area contributed by atoms with Crippen molar-refractivity contribution in [1.82, 2.24) is 0 Å². The lowest BCUT2D eigenvalue weighted by molar-refractivity contribution is -0.203. The van der Waals surface area contributed by atoms with Gasteiger partial charge in [-0.3, -0.25) is 4.79 Å². The molecule has 0 aromatic rings. The lowest BCUT2D eigenvalue weighted by Gasteiger charge is -2.30. The zero-order chi connectivity index (χ0) is 12.2. The van der Waals surface area contributed by atoms with E-state index in [4.69, 9.17) is 14.2 Å². The Hall–Kier alpha value is -0.870. The first-order valence-corrected chi connectivity index (χ1v) is 5.50. The van der Waals surface area contributed by atoms with E-state index in [1.54, 1.807) is 0 Å². The lowest BCUT2D eigenvalue weighted by atomic mass is 10.2. The SMILES string of the molecule is CC(=O)OCC1CC=CC(OC(C)(C)C)O1. The molecule has 92 valence electrons. The maximum Gasteiger partial charge on any atom is 0.302 e. The summed E-state index contributed by atoms with van der Waals surface area (Å²) in [5, 5.41) is 0. The van der Waals surface area contributed by atoms with E-state index >= 15 is 0 Å². The van der Waals surface area contributed by atoms with Crippen LogP contribution in [-0.2, 0) is 19.0 Å². The Balaban J connectivity index is 2.38. The number of carbonyl (C=O) groups excluding carboxylic acids is 1. The fourth-order valence-corrected chi connectivity index (χ4v) is 1.37. The van der Waals surface area contributed by atoms with Crippen LogP contribution in [0.15, 0.2) is 12.2 Å². The van der Waals surface area contributed by atoms with Crippen LogP contribution in [0.25, 0.3) is 0 Å². The van der Waals surface area contributed by atoms with Gasteiger partial charge in [0.2, 0.25) is 0 Å². The molecule has 2 unspecified atom stereocenters. The average Bonchev–Trinajstić information content (AvgIpc) is 2.12. The molecular weight excluding hydrogens is 208 g/mol. The zero-order valence-electron chi connectivity index (χ0n) is 10.4. The Bertz CT molecular complexity index is 265. The van der Waals surface area contributed by atoms with Crippen molar-refractivity contribution < 1.29 is 19.0 Å². The third kappa shape index (κ3) is 5.28. The van der Waals surface area contributed by atoms with Gasteiger partial charge in [0.1, 0.15) is 6.61 Å². The Morgan fingerprint density at radius 3 is 2.75 bits per heavy atom. The van der Waals surface area contributed by atoms with E-state index in [2.05, 4.69) is 0 Å². The number of ether oxygens (including phenoxy) is 3. The van der Waals surface area contributed by atoms with E-state index in [1.165, 1.54) is 6.92 Å². The summed E-state index contributed by atoms with van der Waals surface area (Å²) in [6.45, 7) is 7.59. The molecule has 1 rings (SSSR count). The quantitative estimate of drug-likeness (QED) is 0.547. The molecule has 4 nitrogen and oxygen atoms in total. The first-order chi connectivity index (χ1) is 7.37. The second-order valence-electron chi connectivity index (χ2n) is 4.82. The highest BCUT2D eigenvalue weighted by atomic mass is 16.7. The van der Waals surface area contributed by atoms with Crippen molar-refractivity contribution in [2.45, 2.75) is 52.1 Å². The molecule has 1 aliphatic heterocycles. The van der Waals surface area contributed by atoms with Gasteiger partial charge in [-0.25, -0.2) is 0 Å². The third-order valence-electron chi connectivity index (χ3n) is 1.96. The van der Waals surface area contributed by atoms with Crippen LogP contribution in [0.3, 0.4) is 0 Å². The Morgan fingerprint density at radius 2 is 2.19 bits per heavy atom. The largest absolute Gasteiger partial charge is 0.463 e. The second kappa shape index (κ2) is 5.46. The summed E-state index contributed by atoms with van der Waals surface area (Å²) >= 11 is 0. The highest BCUT2D eigenvalue weighted by Crippen LogP contribution is 2.19. The summed E-state index contributed by atoms with van der Waals surface area (Å²) in [5.74, 6) is -0.286. The minimum Gasteiger partial charge on any atom is -0.463 e. The number of esters is 1. The number of rotatable bonds is 3. The molecule has 0 aliphatic carbocycles. The van der Waals surface area contributed by atoms with Crippen molar-refractivity contribution in [2.75, 3.05) is 6.61 Å². The Labute approximate surface area is 96.6 Å². The van der Waals surface area contributed by atoms with E-state index in [1.807, 2.05) is 32.9 Å². The summed E-state index contributed by atoms with van der Waals surface area (Å²) in [6.07, 6.45) is 4.16. The molecule has 0 N–H and O–H groups in total. The maximum atomic E-state index is 10.7. The van der Waals surface area contributed by atoms with Crippen LogP contribution in [0.5, 0.6) is 0 Å². The van der Waals surface area contributed by atoms with Gasteiger partial charge in [0.15, 0.2) is 6.29 Å². The summed E-state index contributed by atoms with van der Waals surface area (Å²) in [6, 6.07) is 0. The third-order valence-corrected chi connectivity index (χ3v) is 1.96. The average molecular weight is 228 g/mol. The highest BCUT2D eigenvalue weighted by Gasteiger charge is 2.23. The molecule has 0 fully saturated rings. The Kier molecular flexibility index (Phi) is 4.50. The molecule has 16 heavy (non-hydrogen) atoms. The van der Waals surface area contributed by atoms with E-state index in [-0.39, 0.29) is 30.6 Å². The predicted octanol–water partition coefficient (Wildman–Crippen LogP) is 2.04. The van der Waals surface area contributed by atoms with Gasteiger partial charge in [-0.1, -0.05) is 6.08 Å². The van der Waals surface area contributed by atoms with Crippen molar-refractivity contribution in [3.8, 4) is 0 Å². The monoisotopic (exact) mass is 228 g/mol. The van der Waals surface area contributed by atoms with Gasteiger partial charge in [0.05, 0.1) is 11.7 Å². The van der Waals surface area contributed by atoms with Crippen LogP contribution < -0.4 is 0 Å². The summed E-state index contributed by atoms with van der Waals surface area (Å²) < 4.78 is 16.2. The first kappa shape index (κ1) is 13.2. The van der Waals surface area contributed by atoms with Gasteiger partial charge in [-0.05, 0) is 33.3 Å². The number of carbonyl (C=O) groups is 1. The van der Waals surface area contributed by atoms with E-state index < -0.39 is 0 Å². The molecule has 0 radical (unpaired) electrons. The zero-order valence-corrected chi connectivity index (χ0v) is 10.4. The Morgan fingerprint density at radius 1 is 1.50 bits per heavy atom. The molecule has 0 aromatic heterocycles. The summed E-state index contributed by atoms with van der Waals surface area (Å²) in [4.78, 5) is 10.7. The van der Waals surface area contributed by atoms with Gasteiger partial charge in [0, 0.05) is 6.92 Å². The fourth-order valence-electron chi connectivity index (χ4n) is 1.37. The highest BCUT2D eigenvalue weighted by molar-refractivity contribution is 5.65. The van der Waals surface area contributed by atoms with Gasteiger partial charge >= 0.3 is 5.97 Å². The molecule has 0 amide bonds. The van der Waals surface area contributed by atoms with Crippen molar-refractivity contribution in [2.24, 2.45) is 0 Å². The molecule has 4 heteroatoms. The van der Waals surface area contributed by atoms with E-state index in [0.29, 0.717) is 0 Å². The fraction of sp³-hybridized carbons (Fsp3) is 0.750. The van der Waals surface area contributed by atoms with Crippen LogP contribution in [-0.4, -0.2) is 30.6 Å². The number of hydrogen-bond donors (Lipinski definition) is 0. The van der Waals surface area contributed by atoms with Crippen LogP contribution in [0.2, 0.25) is 0 Å². The maximum absolute atomic E-state index is 10.7.